The van der Waals surface area contributed by atoms with Gasteiger partial charge in [-0.3, -0.25) is 0 Å². The van der Waals surface area contributed by atoms with Gasteiger partial charge < -0.3 is 29.2 Å². The van der Waals surface area contributed by atoms with Gasteiger partial charge in [0.15, 0.2) is 0 Å². The molecule has 4 aromatic rings. The molecule has 0 aliphatic carbocycles. The van der Waals surface area contributed by atoms with Crippen LogP contribution in [0.3, 0.4) is 0 Å². The first-order valence-corrected chi connectivity index (χ1v) is 12.1. The highest BCUT2D eigenvalue weighted by molar-refractivity contribution is 6.31. The number of benzene rings is 3. The lowest BCUT2D eigenvalue weighted by molar-refractivity contribution is -0.181. The molecule has 3 N–H and O–H groups in total. The maximum atomic E-state index is 13.4. The van der Waals surface area contributed by atoms with Crippen LogP contribution < -0.4 is 4.74 Å². The highest BCUT2D eigenvalue weighted by Gasteiger charge is 2.37. The first-order valence-electron chi connectivity index (χ1n) is 11.7. The van der Waals surface area contributed by atoms with E-state index in [-0.39, 0.29) is 25.5 Å². The Morgan fingerprint density at radius 1 is 1.00 bits per heavy atom. The minimum atomic E-state index is -1.12. The third-order valence-electron chi connectivity index (χ3n) is 6.42. The molecule has 0 bridgehead atoms. The highest BCUT2D eigenvalue weighted by Crippen LogP contribution is 2.34. The fourth-order valence-corrected chi connectivity index (χ4v) is 4.65. The van der Waals surface area contributed by atoms with Crippen molar-refractivity contribution in [1.82, 2.24) is 0 Å². The molecule has 0 saturated carbocycles. The summed E-state index contributed by atoms with van der Waals surface area (Å²) in [7, 11) is 0. The molecule has 5 rings (SSSR count). The van der Waals surface area contributed by atoms with Crippen molar-refractivity contribution in [2.24, 2.45) is 0 Å². The first-order chi connectivity index (χ1) is 17.4. The van der Waals surface area contributed by atoms with Crippen molar-refractivity contribution in [2.75, 3.05) is 6.61 Å². The number of halogens is 2. The molecule has 0 radical (unpaired) electrons. The number of aliphatic hydroxyl groups excluding tert-OH is 3. The third kappa shape index (κ3) is 5.40. The second kappa shape index (κ2) is 10.6. The van der Waals surface area contributed by atoms with Crippen LogP contribution in [0.15, 0.2) is 71.1 Å². The maximum Gasteiger partial charge on any atom is 0.146 e. The van der Waals surface area contributed by atoms with Crippen molar-refractivity contribution in [1.29, 1.82) is 0 Å². The minimum absolute atomic E-state index is 0.223. The van der Waals surface area contributed by atoms with E-state index in [9.17, 15) is 19.7 Å². The molecule has 8 heteroatoms. The molecule has 3 unspecified atom stereocenters. The van der Waals surface area contributed by atoms with Crippen molar-refractivity contribution < 1.29 is 33.6 Å². The average Bonchev–Trinajstić information content (AvgIpc) is 3.28. The molecule has 1 saturated heterocycles. The van der Waals surface area contributed by atoms with Crippen LogP contribution in [0.5, 0.6) is 5.75 Å². The summed E-state index contributed by atoms with van der Waals surface area (Å²) >= 11 is 6.46. The van der Waals surface area contributed by atoms with Crippen LogP contribution >= 0.6 is 11.6 Å². The van der Waals surface area contributed by atoms with Crippen molar-refractivity contribution in [3.8, 4) is 5.75 Å². The van der Waals surface area contributed by atoms with Gasteiger partial charge in [0.2, 0.25) is 0 Å². The van der Waals surface area contributed by atoms with E-state index in [1.165, 1.54) is 12.1 Å². The number of hydrogen-bond donors (Lipinski definition) is 3. The second-order valence-electron chi connectivity index (χ2n) is 8.99. The number of fused-ring (bicyclic) bond motifs is 1. The Bertz CT molecular complexity index is 1340. The van der Waals surface area contributed by atoms with Gasteiger partial charge in [-0.2, -0.15) is 0 Å². The van der Waals surface area contributed by atoms with Gasteiger partial charge in [-0.15, -0.1) is 0 Å². The predicted molar refractivity (Wildman–Crippen MR) is 133 cm³/mol. The van der Waals surface area contributed by atoms with Crippen LogP contribution in [0.4, 0.5) is 4.39 Å². The molecule has 2 heterocycles. The number of hydrogen-bond acceptors (Lipinski definition) is 6. The molecule has 188 valence electrons. The fourth-order valence-electron chi connectivity index (χ4n) is 4.47. The predicted octanol–water partition coefficient (Wildman–Crippen LogP) is 4.94. The normalized spacial score (nSPS) is 22.1. The molecule has 0 spiro atoms. The zero-order valence-corrected chi connectivity index (χ0v) is 20.1. The summed E-state index contributed by atoms with van der Waals surface area (Å²) in [5.41, 5.74) is 3.35. The number of rotatable bonds is 7. The molecular formula is C28H26ClFO6. The van der Waals surface area contributed by atoms with Crippen LogP contribution in [0.1, 0.15) is 35.0 Å². The van der Waals surface area contributed by atoms with Gasteiger partial charge in [-0.05, 0) is 65.6 Å². The number of ether oxygens (including phenoxy) is 2. The van der Waals surface area contributed by atoms with Gasteiger partial charge >= 0.3 is 0 Å². The zero-order valence-electron chi connectivity index (χ0n) is 19.3. The van der Waals surface area contributed by atoms with Gasteiger partial charge in [0.05, 0.1) is 18.8 Å². The lowest BCUT2D eigenvalue weighted by Gasteiger charge is -2.36. The summed E-state index contributed by atoms with van der Waals surface area (Å²) in [6.45, 7) is -0.154. The van der Waals surface area contributed by atoms with Gasteiger partial charge in [-0.1, -0.05) is 35.9 Å². The van der Waals surface area contributed by atoms with Crippen molar-refractivity contribution in [3.05, 3.63) is 100 Å². The fraction of sp³-hybridized carbons (Fsp3) is 0.286. The molecule has 6 nitrogen and oxygen atoms in total. The van der Waals surface area contributed by atoms with Gasteiger partial charge in [0, 0.05) is 16.8 Å². The van der Waals surface area contributed by atoms with E-state index in [1.54, 1.807) is 18.2 Å². The monoisotopic (exact) mass is 512 g/mol. The van der Waals surface area contributed by atoms with Gasteiger partial charge in [0.25, 0.3) is 0 Å². The SMILES string of the molecule is OCC1OC(c2ccc(Cl)c(Cc3ccc(OCc4cc5cc(F)ccc5o4)cc3)c2)CC(O)[C@@H]1O. The van der Waals surface area contributed by atoms with E-state index < -0.39 is 24.4 Å². The Hall–Kier alpha value is -2.94. The summed E-state index contributed by atoms with van der Waals surface area (Å²) in [6.07, 6.45) is -2.59. The quantitative estimate of drug-likeness (QED) is 0.325. The summed E-state index contributed by atoms with van der Waals surface area (Å²) in [4.78, 5) is 0. The Balaban J connectivity index is 1.24. The van der Waals surface area contributed by atoms with Crippen LogP contribution in [0.25, 0.3) is 11.0 Å². The Morgan fingerprint density at radius 2 is 1.81 bits per heavy atom. The standard InChI is InChI=1S/C28H26ClFO6/c29-23-7-3-17(26-13-24(32)28(33)27(14-31)36-26)10-18(23)9-16-1-5-21(6-2-16)34-15-22-12-19-11-20(30)4-8-25(19)35-22/h1-8,10-12,24,26-28,31-33H,9,13-15H2/t24?,26?,27?,28-/m0/s1. The Kier molecular flexibility index (Phi) is 7.27. The van der Waals surface area contributed by atoms with E-state index >= 15 is 0 Å². The van der Waals surface area contributed by atoms with Crippen molar-refractivity contribution in [3.63, 3.8) is 0 Å². The first kappa shape index (κ1) is 24.7. The van der Waals surface area contributed by atoms with Crippen molar-refractivity contribution >= 4 is 22.6 Å². The zero-order chi connectivity index (χ0) is 25.2. The topological polar surface area (TPSA) is 92.3 Å². The van der Waals surface area contributed by atoms with E-state index in [4.69, 9.17) is 25.5 Å². The summed E-state index contributed by atoms with van der Waals surface area (Å²) < 4.78 is 30.7. The van der Waals surface area contributed by atoms with Crippen LogP contribution in [0, 0.1) is 5.82 Å². The molecule has 4 atom stereocenters. The number of aliphatic hydroxyl groups is 3. The van der Waals surface area contributed by atoms with Crippen molar-refractivity contribution in [2.45, 2.75) is 43.9 Å². The van der Waals surface area contributed by atoms with Crippen LogP contribution in [0.2, 0.25) is 5.02 Å². The molecule has 0 amide bonds. The molecular weight excluding hydrogens is 487 g/mol. The summed E-state index contributed by atoms with van der Waals surface area (Å²) in [6, 6.07) is 19.3. The largest absolute Gasteiger partial charge is 0.486 e. The average molecular weight is 513 g/mol. The molecule has 3 aromatic carbocycles. The molecule has 36 heavy (non-hydrogen) atoms. The molecule has 1 aliphatic heterocycles. The van der Waals surface area contributed by atoms with Gasteiger partial charge in [0.1, 0.15) is 41.7 Å². The summed E-state index contributed by atoms with van der Waals surface area (Å²) in [5, 5.41) is 30.9. The van der Waals surface area contributed by atoms with E-state index in [2.05, 4.69) is 0 Å². The van der Waals surface area contributed by atoms with Crippen LogP contribution in [-0.2, 0) is 17.8 Å². The van der Waals surface area contributed by atoms with E-state index in [0.717, 1.165) is 16.7 Å². The Morgan fingerprint density at radius 3 is 2.58 bits per heavy atom. The minimum Gasteiger partial charge on any atom is -0.486 e. The lowest BCUT2D eigenvalue weighted by atomic mass is 9.92. The summed E-state index contributed by atoms with van der Waals surface area (Å²) in [5.74, 6) is 0.965. The van der Waals surface area contributed by atoms with E-state index in [1.807, 2.05) is 36.4 Å². The lowest BCUT2D eigenvalue weighted by Crippen LogP contribution is -2.47. The maximum absolute atomic E-state index is 13.4. The highest BCUT2D eigenvalue weighted by atomic mass is 35.5. The number of furan rings is 1. The van der Waals surface area contributed by atoms with Crippen LogP contribution in [-0.4, -0.2) is 40.2 Å². The Labute approximate surface area is 212 Å². The third-order valence-corrected chi connectivity index (χ3v) is 6.79. The molecule has 1 aliphatic rings. The van der Waals surface area contributed by atoms with Gasteiger partial charge in [-0.25, -0.2) is 4.39 Å². The molecule has 1 fully saturated rings. The molecule has 1 aromatic heterocycles. The second-order valence-corrected chi connectivity index (χ2v) is 9.40. The van der Waals surface area contributed by atoms with E-state index in [0.29, 0.717) is 33.9 Å². The smallest absolute Gasteiger partial charge is 0.146 e.